The zero-order chi connectivity index (χ0) is 16.7. The van der Waals surface area contributed by atoms with Crippen LogP contribution in [0.25, 0.3) is 0 Å². The maximum Gasteiger partial charge on any atom is 0.343 e. The Balaban J connectivity index is 1.33. The molecule has 1 aromatic heterocycles. The number of aromatic nitrogens is 3. The number of H-pyrrole nitrogens is 1. The third-order valence-corrected chi connectivity index (χ3v) is 5.04. The minimum absolute atomic E-state index is 0.00837. The quantitative estimate of drug-likeness (QED) is 0.840. The topological polar surface area (TPSA) is 92.2 Å². The van der Waals surface area contributed by atoms with E-state index in [1.807, 2.05) is 0 Å². The molecule has 0 spiro atoms. The average Bonchev–Trinajstić information content (AvgIpc) is 3.26. The molecule has 0 radical (unpaired) electrons. The van der Waals surface area contributed by atoms with Crippen molar-refractivity contribution in [1.29, 1.82) is 0 Å². The zero-order valence-electron chi connectivity index (χ0n) is 13.4. The Kier molecular flexibility index (Phi) is 4.03. The van der Waals surface area contributed by atoms with Crippen LogP contribution in [0.15, 0.2) is 4.79 Å². The second-order valence-corrected chi connectivity index (χ2v) is 6.86. The van der Waals surface area contributed by atoms with Crippen molar-refractivity contribution in [2.75, 3.05) is 26.3 Å². The fraction of sp³-hybridized carbons (Fsp3) is 0.800. The Morgan fingerprint density at radius 3 is 2.62 bits per heavy atom. The van der Waals surface area contributed by atoms with Crippen molar-refractivity contribution in [2.45, 2.75) is 49.9 Å². The van der Waals surface area contributed by atoms with E-state index in [-0.39, 0.29) is 31.0 Å². The van der Waals surface area contributed by atoms with E-state index in [2.05, 4.69) is 15.4 Å². The second-order valence-electron chi connectivity index (χ2n) is 6.86. The summed E-state index contributed by atoms with van der Waals surface area (Å²) >= 11 is 0. The Labute approximate surface area is 138 Å². The van der Waals surface area contributed by atoms with Gasteiger partial charge in [-0.05, 0) is 25.7 Å². The van der Waals surface area contributed by atoms with Crippen molar-refractivity contribution >= 4 is 6.03 Å². The highest BCUT2D eigenvalue weighted by atomic mass is 19.1. The van der Waals surface area contributed by atoms with E-state index in [1.165, 1.54) is 4.68 Å². The molecule has 9 heteroatoms. The van der Waals surface area contributed by atoms with Gasteiger partial charge in [0, 0.05) is 19.0 Å². The largest absolute Gasteiger partial charge is 0.376 e. The number of piperidine rings is 1. The number of nitrogens with one attached hydrogen (secondary N) is 2. The molecule has 3 aliphatic rings. The lowest BCUT2D eigenvalue weighted by Gasteiger charge is -2.32. The Morgan fingerprint density at radius 2 is 2.00 bits per heavy atom. The SMILES string of the molecule is O=C(N[C@@H]1COC[C@@H]1F)N1CCC(n2nc(C3CC3)[nH]c2=O)CC1. The second kappa shape index (κ2) is 6.19. The van der Waals surface area contributed by atoms with Gasteiger partial charge in [0.15, 0.2) is 0 Å². The number of hydrogen-bond donors (Lipinski definition) is 2. The molecule has 3 fully saturated rings. The summed E-state index contributed by atoms with van der Waals surface area (Å²) in [6.45, 7) is 1.31. The maximum atomic E-state index is 13.5. The molecule has 1 saturated carbocycles. The van der Waals surface area contributed by atoms with E-state index in [9.17, 15) is 14.0 Å². The van der Waals surface area contributed by atoms with E-state index >= 15 is 0 Å². The number of rotatable bonds is 3. The molecule has 2 N–H and O–H groups in total. The zero-order valence-corrected chi connectivity index (χ0v) is 13.4. The molecule has 1 aromatic rings. The maximum absolute atomic E-state index is 13.5. The Bertz CT molecular complexity index is 662. The van der Waals surface area contributed by atoms with E-state index in [1.54, 1.807) is 4.90 Å². The first-order valence-corrected chi connectivity index (χ1v) is 8.58. The van der Waals surface area contributed by atoms with E-state index < -0.39 is 12.2 Å². The summed E-state index contributed by atoms with van der Waals surface area (Å²) in [5.41, 5.74) is -0.164. The van der Waals surface area contributed by atoms with Crippen LogP contribution in [-0.4, -0.2) is 64.2 Å². The van der Waals surface area contributed by atoms with Gasteiger partial charge in [0.2, 0.25) is 0 Å². The van der Waals surface area contributed by atoms with Crippen LogP contribution in [0.2, 0.25) is 0 Å². The number of carbonyl (C=O) groups excluding carboxylic acids is 1. The van der Waals surface area contributed by atoms with Crippen LogP contribution < -0.4 is 11.0 Å². The molecule has 132 valence electrons. The minimum atomic E-state index is -1.14. The van der Waals surface area contributed by atoms with Gasteiger partial charge in [-0.1, -0.05) is 0 Å². The number of aromatic amines is 1. The van der Waals surface area contributed by atoms with Crippen molar-refractivity contribution in [1.82, 2.24) is 25.0 Å². The molecule has 2 amide bonds. The van der Waals surface area contributed by atoms with Gasteiger partial charge in [-0.15, -0.1) is 0 Å². The molecule has 4 rings (SSSR count). The monoisotopic (exact) mass is 339 g/mol. The van der Waals surface area contributed by atoms with Crippen LogP contribution in [-0.2, 0) is 4.74 Å². The van der Waals surface area contributed by atoms with Crippen molar-refractivity contribution in [3.8, 4) is 0 Å². The van der Waals surface area contributed by atoms with Crippen LogP contribution in [0.4, 0.5) is 9.18 Å². The number of likely N-dealkylation sites (tertiary alicyclic amines) is 1. The number of halogens is 1. The van der Waals surface area contributed by atoms with E-state index in [0.29, 0.717) is 31.8 Å². The van der Waals surface area contributed by atoms with Gasteiger partial charge in [0.1, 0.15) is 12.0 Å². The van der Waals surface area contributed by atoms with E-state index in [0.717, 1.165) is 18.7 Å². The van der Waals surface area contributed by atoms with Gasteiger partial charge < -0.3 is 15.0 Å². The number of nitrogens with zero attached hydrogens (tertiary/aromatic N) is 3. The van der Waals surface area contributed by atoms with Crippen LogP contribution in [0.5, 0.6) is 0 Å². The van der Waals surface area contributed by atoms with Crippen molar-refractivity contribution in [3.63, 3.8) is 0 Å². The number of urea groups is 1. The number of alkyl halides is 1. The van der Waals surface area contributed by atoms with Crippen LogP contribution in [0.3, 0.4) is 0 Å². The summed E-state index contributed by atoms with van der Waals surface area (Å²) < 4.78 is 20.1. The summed E-state index contributed by atoms with van der Waals surface area (Å²) in [6, 6.07) is -0.820. The normalized spacial score (nSPS) is 28.3. The molecule has 0 aromatic carbocycles. The molecule has 0 bridgehead atoms. The van der Waals surface area contributed by atoms with Crippen LogP contribution in [0.1, 0.15) is 43.5 Å². The number of carbonyl (C=O) groups is 1. The predicted molar refractivity (Wildman–Crippen MR) is 82.7 cm³/mol. The first kappa shape index (κ1) is 15.6. The van der Waals surface area contributed by atoms with Gasteiger partial charge in [-0.2, -0.15) is 5.10 Å². The average molecular weight is 339 g/mol. The highest BCUT2D eigenvalue weighted by Gasteiger charge is 2.33. The lowest BCUT2D eigenvalue weighted by Crippen LogP contribution is -2.50. The highest BCUT2D eigenvalue weighted by Crippen LogP contribution is 2.37. The van der Waals surface area contributed by atoms with Crippen molar-refractivity contribution in [3.05, 3.63) is 16.3 Å². The molecule has 2 aliphatic heterocycles. The van der Waals surface area contributed by atoms with Gasteiger partial charge in [-0.3, -0.25) is 4.98 Å². The van der Waals surface area contributed by atoms with E-state index in [4.69, 9.17) is 4.74 Å². The summed E-state index contributed by atoms with van der Waals surface area (Å²) in [6.07, 6.45) is 2.37. The molecular weight excluding hydrogens is 317 g/mol. The van der Waals surface area contributed by atoms with Gasteiger partial charge >= 0.3 is 11.7 Å². The lowest BCUT2D eigenvalue weighted by molar-refractivity contribution is 0.159. The summed E-state index contributed by atoms with van der Waals surface area (Å²) in [7, 11) is 0. The minimum Gasteiger partial charge on any atom is -0.376 e. The molecular formula is C15H22FN5O3. The number of ether oxygens (including phenoxy) is 1. The molecule has 8 nitrogen and oxygen atoms in total. The first-order chi connectivity index (χ1) is 11.6. The van der Waals surface area contributed by atoms with Crippen LogP contribution in [0, 0.1) is 0 Å². The fourth-order valence-electron chi connectivity index (χ4n) is 3.36. The van der Waals surface area contributed by atoms with Crippen molar-refractivity contribution in [2.24, 2.45) is 0 Å². The Morgan fingerprint density at radius 1 is 1.25 bits per heavy atom. The highest BCUT2D eigenvalue weighted by molar-refractivity contribution is 5.74. The van der Waals surface area contributed by atoms with Gasteiger partial charge in [0.25, 0.3) is 0 Å². The fourth-order valence-corrected chi connectivity index (χ4v) is 3.36. The predicted octanol–water partition coefficient (Wildman–Crippen LogP) is 0.532. The van der Waals surface area contributed by atoms with Gasteiger partial charge in [-0.25, -0.2) is 18.7 Å². The third-order valence-electron chi connectivity index (χ3n) is 5.04. The summed E-state index contributed by atoms with van der Waals surface area (Å²) in [5.74, 6) is 1.20. The molecule has 2 atom stereocenters. The Hall–Kier alpha value is -1.90. The lowest BCUT2D eigenvalue weighted by atomic mass is 10.1. The molecule has 24 heavy (non-hydrogen) atoms. The standard InChI is InChI=1S/C15H22FN5O3/c16-11-7-24-8-12(11)17-14(22)20-5-3-10(4-6-20)21-15(23)18-13(19-21)9-1-2-9/h9-12H,1-8H2,(H,17,22)(H,18,19,23)/t11-,12+/m0/s1. The van der Waals surface area contributed by atoms with Crippen molar-refractivity contribution < 1.29 is 13.9 Å². The van der Waals surface area contributed by atoms with Gasteiger partial charge in [0.05, 0.1) is 25.3 Å². The molecule has 1 aliphatic carbocycles. The number of amides is 2. The summed E-state index contributed by atoms with van der Waals surface area (Å²) in [5, 5.41) is 7.11. The molecule has 0 unspecified atom stereocenters. The molecule has 2 saturated heterocycles. The smallest absolute Gasteiger partial charge is 0.343 e. The molecule has 3 heterocycles. The number of hydrogen-bond acceptors (Lipinski definition) is 4. The first-order valence-electron chi connectivity index (χ1n) is 8.58. The van der Waals surface area contributed by atoms with Crippen LogP contribution >= 0.6 is 0 Å². The third kappa shape index (κ3) is 3.04. The summed E-state index contributed by atoms with van der Waals surface area (Å²) in [4.78, 5) is 28.8.